The summed E-state index contributed by atoms with van der Waals surface area (Å²) in [4.78, 5) is 14.1. The van der Waals surface area contributed by atoms with E-state index >= 15 is 0 Å². The third kappa shape index (κ3) is 5.38. The maximum absolute atomic E-state index is 11.8. The van der Waals surface area contributed by atoms with E-state index in [0.29, 0.717) is 6.42 Å². The van der Waals surface area contributed by atoms with Crippen LogP contribution in [0.3, 0.4) is 0 Å². The topological polar surface area (TPSA) is 50.8 Å². The lowest BCUT2D eigenvalue weighted by Crippen LogP contribution is -2.52. The van der Waals surface area contributed by atoms with Crippen LogP contribution in [0, 0.1) is 5.92 Å². The quantitative estimate of drug-likeness (QED) is 0.484. The first-order valence-electron chi connectivity index (χ1n) is 7.48. The van der Waals surface area contributed by atoms with E-state index in [1.165, 1.54) is 20.0 Å². The molecule has 5 heteroatoms. The van der Waals surface area contributed by atoms with Gasteiger partial charge in [-0.25, -0.2) is 0 Å². The highest BCUT2D eigenvalue weighted by atomic mass is 16.5. The Morgan fingerprint density at radius 1 is 1.50 bits per heavy atom. The monoisotopic (exact) mass is 286 g/mol. The van der Waals surface area contributed by atoms with Crippen molar-refractivity contribution < 1.29 is 14.3 Å². The Morgan fingerprint density at radius 2 is 2.15 bits per heavy atom. The predicted molar refractivity (Wildman–Crippen MR) is 79.7 cm³/mol. The standard InChI is InChI=1S/C15H30N2O3/c1-12(10-15(2,16-3)14(18)19-5)17(4)8-9-20-11-13-6-7-13/h12-13,16H,6-11H2,1-5H3. The molecule has 0 bridgehead atoms. The predicted octanol–water partition coefficient (Wildman–Crippen LogP) is 1.27. The van der Waals surface area contributed by atoms with Gasteiger partial charge in [0.25, 0.3) is 0 Å². The lowest BCUT2D eigenvalue weighted by Gasteiger charge is -2.33. The molecule has 118 valence electrons. The van der Waals surface area contributed by atoms with Gasteiger partial charge in [-0.15, -0.1) is 0 Å². The van der Waals surface area contributed by atoms with E-state index in [1.807, 2.05) is 6.92 Å². The van der Waals surface area contributed by atoms with Gasteiger partial charge in [-0.3, -0.25) is 4.79 Å². The summed E-state index contributed by atoms with van der Waals surface area (Å²) < 4.78 is 10.5. The van der Waals surface area contributed by atoms with Gasteiger partial charge in [-0.1, -0.05) is 0 Å². The summed E-state index contributed by atoms with van der Waals surface area (Å²) in [6, 6.07) is 0.274. The van der Waals surface area contributed by atoms with Crippen LogP contribution in [0.25, 0.3) is 0 Å². The van der Waals surface area contributed by atoms with Crippen LogP contribution in [-0.2, 0) is 14.3 Å². The number of likely N-dealkylation sites (N-methyl/N-ethyl adjacent to an activating group) is 2. The Labute approximate surface area is 123 Å². The van der Waals surface area contributed by atoms with Crippen LogP contribution < -0.4 is 5.32 Å². The number of esters is 1. The first kappa shape index (κ1) is 17.4. The zero-order valence-corrected chi connectivity index (χ0v) is 13.6. The van der Waals surface area contributed by atoms with E-state index in [9.17, 15) is 4.79 Å². The van der Waals surface area contributed by atoms with Gasteiger partial charge in [0.2, 0.25) is 0 Å². The SMILES string of the molecule is CNC(C)(CC(C)N(C)CCOCC1CC1)C(=O)OC. The second-order valence-electron chi connectivity index (χ2n) is 6.13. The van der Waals surface area contributed by atoms with E-state index in [4.69, 9.17) is 9.47 Å². The average Bonchev–Trinajstić information content (AvgIpc) is 3.26. The molecule has 5 nitrogen and oxygen atoms in total. The van der Waals surface area contributed by atoms with Gasteiger partial charge in [0.15, 0.2) is 0 Å². The molecule has 0 aromatic carbocycles. The first-order chi connectivity index (χ1) is 9.42. The van der Waals surface area contributed by atoms with E-state index in [1.54, 1.807) is 7.05 Å². The van der Waals surface area contributed by atoms with Gasteiger partial charge in [0, 0.05) is 19.2 Å². The molecule has 1 aliphatic rings. The number of carbonyl (C=O) groups is 1. The van der Waals surface area contributed by atoms with Crippen LogP contribution in [0.1, 0.15) is 33.1 Å². The van der Waals surface area contributed by atoms with Crippen molar-refractivity contribution in [1.82, 2.24) is 10.2 Å². The van der Waals surface area contributed by atoms with Crippen LogP contribution in [0.4, 0.5) is 0 Å². The molecular formula is C15H30N2O3. The van der Waals surface area contributed by atoms with Crippen molar-refractivity contribution in [2.24, 2.45) is 5.92 Å². The summed E-state index contributed by atoms with van der Waals surface area (Å²) in [5, 5.41) is 3.07. The molecule has 0 saturated heterocycles. The molecule has 1 rings (SSSR count). The summed E-state index contributed by atoms with van der Waals surface area (Å²) in [7, 11) is 5.29. The number of nitrogens with one attached hydrogen (secondary N) is 1. The van der Waals surface area contributed by atoms with Gasteiger partial charge in [0.1, 0.15) is 5.54 Å². The van der Waals surface area contributed by atoms with Crippen LogP contribution in [0.5, 0.6) is 0 Å². The normalized spacial score (nSPS) is 19.7. The van der Waals surface area contributed by atoms with Gasteiger partial charge in [0.05, 0.1) is 13.7 Å². The third-order valence-electron chi connectivity index (χ3n) is 4.28. The van der Waals surface area contributed by atoms with Gasteiger partial charge < -0.3 is 19.7 Å². The Morgan fingerprint density at radius 3 is 2.65 bits per heavy atom. The molecule has 0 heterocycles. The van der Waals surface area contributed by atoms with Crippen LogP contribution in [-0.4, -0.2) is 63.4 Å². The fourth-order valence-corrected chi connectivity index (χ4v) is 2.22. The molecule has 2 unspecified atom stereocenters. The van der Waals surface area contributed by atoms with Crippen LogP contribution >= 0.6 is 0 Å². The second kappa shape index (κ2) is 7.96. The third-order valence-corrected chi connectivity index (χ3v) is 4.28. The van der Waals surface area contributed by atoms with E-state index in [2.05, 4.69) is 24.2 Å². The molecular weight excluding hydrogens is 256 g/mol. The van der Waals surface area contributed by atoms with Gasteiger partial charge >= 0.3 is 5.97 Å². The fourth-order valence-electron chi connectivity index (χ4n) is 2.22. The highest BCUT2D eigenvalue weighted by Gasteiger charge is 2.35. The molecule has 0 aromatic heterocycles. The summed E-state index contributed by atoms with van der Waals surface area (Å²) in [5.41, 5.74) is -0.642. The second-order valence-corrected chi connectivity index (χ2v) is 6.13. The highest BCUT2D eigenvalue weighted by Crippen LogP contribution is 2.28. The van der Waals surface area contributed by atoms with Crippen molar-refractivity contribution >= 4 is 5.97 Å². The zero-order valence-electron chi connectivity index (χ0n) is 13.6. The van der Waals surface area contributed by atoms with Crippen molar-refractivity contribution in [3.05, 3.63) is 0 Å². The minimum atomic E-state index is -0.642. The van der Waals surface area contributed by atoms with E-state index in [0.717, 1.165) is 25.7 Å². The highest BCUT2D eigenvalue weighted by molar-refractivity contribution is 5.80. The maximum atomic E-state index is 11.8. The number of carbonyl (C=O) groups excluding carboxylic acids is 1. The lowest BCUT2D eigenvalue weighted by atomic mass is 9.93. The lowest BCUT2D eigenvalue weighted by molar-refractivity contribution is -0.148. The number of nitrogens with zero attached hydrogens (tertiary/aromatic N) is 1. The van der Waals surface area contributed by atoms with E-state index < -0.39 is 5.54 Å². The van der Waals surface area contributed by atoms with Gasteiger partial charge in [-0.2, -0.15) is 0 Å². The molecule has 1 saturated carbocycles. The summed E-state index contributed by atoms with van der Waals surface area (Å²) in [6.07, 6.45) is 3.35. The molecule has 0 amide bonds. The van der Waals surface area contributed by atoms with Crippen molar-refractivity contribution in [2.45, 2.75) is 44.7 Å². The Balaban J connectivity index is 2.30. The number of hydrogen-bond donors (Lipinski definition) is 1. The first-order valence-corrected chi connectivity index (χ1v) is 7.48. The molecule has 0 aliphatic heterocycles. The molecule has 1 N–H and O–H groups in total. The van der Waals surface area contributed by atoms with Crippen molar-refractivity contribution in [2.75, 3.05) is 41.0 Å². The minimum Gasteiger partial charge on any atom is -0.468 e. The number of ether oxygens (including phenoxy) is 2. The average molecular weight is 286 g/mol. The summed E-state index contributed by atoms with van der Waals surface area (Å²) in [6.45, 7) is 6.55. The van der Waals surface area contributed by atoms with Gasteiger partial charge in [-0.05, 0) is 53.1 Å². The molecule has 1 fully saturated rings. The number of methoxy groups -OCH3 is 1. The van der Waals surface area contributed by atoms with Crippen molar-refractivity contribution in [1.29, 1.82) is 0 Å². The van der Waals surface area contributed by atoms with E-state index in [-0.39, 0.29) is 12.0 Å². The number of hydrogen-bond acceptors (Lipinski definition) is 5. The Kier molecular flexibility index (Phi) is 6.92. The summed E-state index contributed by atoms with van der Waals surface area (Å²) in [5.74, 6) is 0.592. The Hall–Kier alpha value is -0.650. The molecule has 2 atom stereocenters. The minimum absolute atomic E-state index is 0.217. The number of rotatable bonds is 10. The molecule has 20 heavy (non-hydrogen) atoms. The van der Waals surface area contributed by atoms with Crippen LogP contribution in [0.2, 0.25) is 0 Å². The Bertz CT molecular complexity index is 307. The zero-order chi connectivity index (χ0) is 15.2. The van der Waals surface area contributed by atoms with Crippen molar-refractivity contribution in [3.8, 4) is 0 Å². The smallest absolute Gasteiger partial charge is 0.325 e. The molecule has 1 aliphatic carbocycles. The summed E-state index contributed by atoms with van der Waals surface area (Å²) >= 11 is 0. The fraction of sp³-hybridized carbons (Fsp3) is 0.933. The maximum Gasteiger partial charge on any atom is 0.325 e. The largest absolute Gasteiger partial charge is 0.468 e. The van der Waals surface area contributed by atoms with Crippen molar-refractivity contribution in [3.63, 3.8) is 0 Å². The molecule has 0 spiro atoms. The molecule has 0 aromatic rings. The molecule has 0 radical (unpaired) electrons. The van der Waals surface area contributed by atoms with Crippen LogP contribution in [0.15, 0.2) is 0 Å².